The van der Waals surface area contributed by atoms with Crippen LogP contribution in [0.4, 0.5) is 0 Å². The van der Waals surface area contributed by atoms with E-state index in [1.807, 2.05) is 17.0 Å². The van der Waals surface area contributed by atoms with Gasteiger partial charge >= 0.3 is 0 Å². The third kappa shape index (κ3) is 4.37. The predicted octanol–water partition coefficient (Wildman–Crippen LogP) is 5.11. The zero-order chi connectivity index (χ0) is 21.3. The highest BCUT2D eigenvalue weighted by atomic mass is 79.9. The molecule has 2 atom stereocenters. The molecule has 2 unspecified atom stereocenters. The largest absolute Gasteiger partial charge is 0.382 e. The molecule has 160 valence electrons. The summed E-state index contributed by atoms with van der Waals surface area (Å²) in [5.41, 5.74) is 4.49. The van der Waals surface area contributed by atoms with Crippen LogP contribution >= 0.6 is 27.5 Å². The molecule has 2 aromatic rings. The number of methoxy groups -OCH3 is 1. The molecule has 5 nitrogen and oxygen atoms in total. The Bertz CT molecular complexity index is 1010. The minimum absolute atomic E-state index is 0.0229. The first kappa shape index (κ1) is 21.6. The summed E-state index contributed by atoms with van der Waals surface area (Å²) in [6.07, 6.45) is 5.89. The molecule has 0 spiro atoms. The molecular formula is C23H26BrClN2O3. The van der Waals surface area contributed by atoms with E-state index >= 15 is 0 Å². The Morgan fingerprint density at radius 1 is 1.37 bits per heavy atom. The van der Waals surface area contributed by atoms with Crippen molar-refractivity contribution in [3.63, 3.8) is 0 Å². The third-order valence-electron chi connectivity index (χ3n) is 5.70. The van der Waals surface area contributed by atoms with Crippen LogP contribution in [-0.4, -0.2) is 49.3 Å². The second-order valence-electron chi connectivity index (χ2n) is 7.93. The molecule has 1 aliphatic heterocycles. The van der Waals surface area contributed by atoms with Crippen molar-refractivity contribution in [3.8, 4) is 0 Å². The molecule has 30 heavy (non-hydrogen) atoms. The van der Waals surface area contributed by atoms with E-state index in [9.17, 15) is 4.79 Å². The van der Waals surface area contributed by atoms with E-state index in [-0.39, 0.29) is 18.6 Å². The summed E-state index contributed by atoms with van der Waals surface area (Å²) < 4.78 is 11.6. The summed E-state index contributed by atoms with van der Waals surface area (Å²) in [4.78, 5) is 18.6. The number of halogens is 2. The van der Waals surface area contributed by atoms with Crippen LogP contribution in [0.1, 0.15) is 30.6 Å². The Morgan fingerprint density at radius 3 is 2.97 bits per heavy atom. The highest BCUT2D eigenvalue weighted by molar-refractivity contribution is 9.10. The molecule has 1 amide bonds. The van der Waals surface area contributed by atoms with Gasteiger partial charge in [0.15, 0.2) is 0 Å². The number of carbonyl (C=O) groups excluding carboxylic acids is 1. The number of allylic oxidation sites excluding steroid dienone is 2. The van der Waals surface area contributed by atoms with Crippen molar-refractivity contribution in [2.24, 2.45) is 5.92 Å². The number of fused-ring (bicyclic) bond motifs is 3. The van der Waals surface area contributed by atoms with E-state index in [4.69, 9.17) is 21.1 Å². The molecule has 0 radical (unpaired) electrons. The average molecular weight is 494 g/mol. The van der Waals surface area contributed by atoms with Gasteiger partial charge < -0.3 is 19.4 Å². The first-order valence-corrected chi connectivity index (χ1v) is 11.4. The topological polar surface area (TPSA) is 54.6 Å². The minimum atomic E-state index is -0.199. The first-order valence-electron chi connectivity index (χ1n) is 10.2. The SMILES string of the molecule is COCCOCC(=O)N1CCc2c([nH]c3ccc(Br)cc23)C1C1=CC(C)CC(Cl)=C1. The molecule has 1 aliphatic carbocycles. The molecule has 0 saturated heterocycles. The monoisotopic (exact) mass is 492 g/mol. The van der Waals surface area contributed by atoms with Gasteiger partial charge in [0.1, 0.15) is 6.61 Å². The lowest BCUT2D eigenvalue weighted by Gasteiger charge is -2.38. The van der Waals surface area contributed by atoms with Crippen LogP contribution < -0.4 is 0 Å². The molecule has 0 fully saturated rings. The van der Waals surface area contributed by atoms with Gasteiger partial charge in [-0.05, 0) is 54.2 Å². The summed E-state index contributed by atoms with van der Waals surface area (Å²) in [5, 5.41) is 2.03. The fraction of sp³-hybridized carbons (Fsp3) is 0.435. The van der Waals surface area contributed by atoms with Gasteiger partial charge in [-0.1, -0.05) is 40.5 Å². The van der Waals surface area contributed by atoms with Crippen LogP contribution in [0.3, 0.4) is 0 Å². The number of amides is 1. The van der Waals surface area contributed by atoms with Crippen molar-refractivity contribution >= 4 is 44.3 Å². The third-order valence-corrected chi connectivity index (χ3v) is 6.46. The standard InChI is InChI=1S/C23H26BrClN2O3/c1-14-9-15(11-17(25)10-14)23-22-18(19-12-16(24)3-4-20(19)26-22)5-6-27(23)21(28)13-30-8-7-29-2/h3-4,9,11-12,14,23,26H,5-8,10,13H2,1-2H3. The number of hydrogen-bond donors (Lipinski definition) is 1. The molecule has 4 rings (SSSR count). The van der Waals surface area contributed by atoms with Gasteiger partial charge in [0.05, 0.1) is 19.3 Å². The molecule has 1 N–H and O–H groups in total. The molecule has 1 aromatic carbocycles. The van der Waals surface area contributed by atoms with Crippen LogP contribution in [0.5, 0.6) is 0 Å². The summed E-state index contributed by atoms with van der Waals surface area (Å²) >= 11 is 10.0. The number of aromatic nitrogens is 1. The number of aromatic amines is 1. The van der Waals surface area contributed by atoms with Gasteiger partial charge in [0.25, 0.3) is 0 Å². The zero-order valence-electron chi connectivity index (χ0n) is 17.2. The number of rotatable bonds is 6. The average Bonchev–Trinajstić information content (AvgIpc) is 3.07. The molecule has 2 aliphatic rings. The lowest BCUT2D eigenvalue weighted by molar-refractivity contribution is -0.138. The number of carbonyl (C=O) groups is 1. The molecule has 0 saturated carbocycles. The van der Waals surface area contributed by atoms with E-state index in [1.165, 1.54) is 10.9 Å². The Kier molecular flexibility index (Phi) is 6.68. The highest BCUT2D eigenvalue weighted by Gasteiger charge is 2.36. The van der Waals surface area contributed by atoms with E-state index < -0.39 is 0 Å². The minimum Gasteiger partial charge on any atom is -0.382 e. The second-order valence-corrected chi connectivity index (χ2v) is 9.33. The van der Waals surface area contributed by atoms with Gasteiger partial charge in [-0.25, -0.2) is 0 Å². The van der Waals surface area contributed by atoms with Crippen LogP contribution in [0.25, 0.3) is 10.9 Å². The summed E-state index contributed by atoms with van der Waals surface area (Å²) in [6.45, 7) is 3.71. The maximum atomic E-state index is 13.1. The molecule has 1 aromatic heterocycles. The quantitative estimate of drug-likeness (QED) is 0.569. The number of benzene rings is 1. The maximum Gasteiger partial charge on any atom is 0.249 e. The summed E-state index contributed by atoms with van der Waals surface area (Å²) in [7, 11) is 1.62. The van der Waals surface area contributed by atoms with E-state index in [0.717, 1.165) is 39.1 Å². The van der Waals surface area contributed by atoms with E-state index in [1.54, 1.807) is 7.11 Å². The number of hydrogen-bond acceptors (Lipinski definition) is 3. The van der Waals surface area contributed by atoms with Crippen LogP contribution in [0, 0.1) is 5.92 Å². The Balaban J connectivity index is 1.73. The number of ether oxygens (including phenoxy) is 2. The fourth-order valence-electron chi connectivity index (χ4n) is 4.41. The maximum absolute atomic E-state index is 13.1. The smallest absolute Gasteiger partial charge is 0.249 e. The predicted molar refractivity (Wildman–Crippen MR) is 123 cm³/mol. The van der Waals surface area contributed by atoms with Crippen molar-refractivity contribution in [1.29, 1.82) is 0 Å². The van der Waals surface area contributed by atoms with Crippen molar-refractivity contribution in [2.45, 2.75) is 25.8 Å². The summed E-state index contributed by atoms with van der Waals surface area (Å²) in [6, 6.07) is 6.06. The van der Waals surface area contributed by atoms with Gasteiger partial charge in [-0.3, -0.25) is 4.79 Å². The van der Waals surface area contributed by atoms with Crippen molar-refractivity contribution in [2.75, 3.05) is 33.5 Å². The van der Waals surface area contributed by atoms with Gasteiger partial charge in [0, 0.05) is 39.8 Å². The van der Waals surface area contributed by atoms with Crippen molar-refractivity contribution in [3.05, 3.63) is 56.7 Å². The van der Waals surface area contributed by atoms with Crippen molar-refractivity contribution in [1.82, 2.24) is 9.88 Å². The highest BCUT2D eigenvalue weighted by Crippen LogP contribution is 2.42. The van der Waals surface area contributed by atoms with Crippen molar-refractivity contribution < 1.29 is 14.3 Å². The molecule has 7 heteroatoms. The Hall–Kier alpha value is -1.60. The summed E-state index contributed by atoms with van der Waals surface area (Å²) in [5.74, 6) is 0.307. The number of H-pyrrole nitrogens is 1. The number of nitrogens with zero attached hydrogens (tertiary/aromatic N) is 1. The number of nitrogens with one attached hydrogen (secondary N) is 1. The van der Waals surface area contributed by atoms with Crippen LogP contribution in [0.2, 0.25) is 0 Å². The van der Waals surface area contributed by atoms with Gasteiger partial charge in [-0.2, -0.15) is 0 Å². The van der Waals surface area contributed by atoms with Gasteiger partial charge in [0.2, 0.25) is 5.91 Å². The first-order chi connectivity index (χ1) is 14.5. The second kappa shape index (κ2) is 9.27. The normalized spacial score (nSPS) is 21.4. The lowest BCUT2D eigenvalue weighted by atomic mass is 9.87. The van der Waals surface area contributed by atoms with E-state index in [0.29, 0.717) is 25.7 Å². The van der Waals surface area contributed by atoms with Gasteiger partial charge in [-0.15, -0.1) is 0 Å². The Labute approximate surface area is 190 Å². The zero-order valence-corrected chi connectivity index (χ0v) is 19.6. The molecule has 0 bridgehead atoms. The lowest BCUT2D eigenvalue weighted by Crippen LogP contribution is -2.43. The molecule has 2 heterocycles. The van der Waals surface area contributed by atoms with Crippen LogP contribution in [0.15, 0.2) is 45.4 Å². The molecular weight excluding hydrogens is 468 g/mol. The fourth-order valence-corrected chi connectivity index (χ4v) is 5.14. The van der Waals surface area contributed by atoms with Crippen LogP contribution in [-0.2, 0) is 20.7 Å². The Morgan fingerprint density at radius 2 is 2.20 bits per heavy atom. The van der Waals surface area contributed by atoms with E-state index in [2.05, 4.69) is 46.0 Å².